The summed E-state index contributed by atoms with van der Waals surface area (Å²) in [5.74, 6) is 1.73. The third-order valence-corrected chi connectivity index (χ3v) is 2.48. The van der Waals surface area contributed by atoms with Gasteiger partial charge in [-0.2, -0.15) is 0 Å². The van der Waals surface area contributed by atoms with Crippen LogP contribution in [0, 0.1) is 0 Å². The Morgan fingerprint density at radius 3 is 2.18 bits per heavy atom. The third-order valence-electron chi connectivity index (χ3n) is 2.21. The summed E-state index contributed by atoms with van der Waals surface area (Å²) in [4.78, 5) is 0. The average molecular weight is 255 g/mol. The van der Waals surface area contributed by atoms with E-state index >= 15 is 0 Å². The maximum Gasteiger partial charge on any atom is 0.118 e. The van der Waals surface area contributed by atoms with E-state index in [2.05, 4.69) is 13.0 Å². The SMILES string of the molecule is CC=Cc1ccc(OC)cc1.CCCCCCl. The maximum absolute atomic E-state index is 5.38. The smallest absolute Gasteiger partial charge is 0.118 e. The molecule has 0 fully saturated rings. The van der Waals surface area contributed by atoms with Crippen LogP contribution in [0.15, 0.2) is 30.3 Å². The van der Waals surface area contributed by atoms with E-state index in [1.54, 1.807) is 7.11 Å². The standard InChI is InChI=1S/C10H12O.C5H11Cl/c1-3-4-9-5-7-10(11-2)8-6-9;1-2-3-4-5-6/h3-8H,1-2H3;2-5H2,1H3. The Morgan fingerprint density at radius 2 is 1.82 bits per heavy atom. The fourth-order valence-corrected chi connectivity index (χ4v) is 1.44. The van der Waals surface area contributed by atoms with Gasteiger partial charge in [0.05, 0.1) is 7.11 Å². The molecule has 17 heavy (non-hydrogen) atoms. The topological polar surface area (TPSA) is 9.23 Å². The van der Waals surface area contributed by atoms with Crippen molar-refractivity contribution in [2.75, 3.05) is 13.0 Å². The molecule has 1 aromatic rings. The van der Waals surface area contributed by atoms with Crippen molar-refractivity contribution in [3.8, 4) is 5.75 Å². The van der Waals surface area contributed by atoms with Gasteiger partial charge in [0.15, 0.2) is 0 Å². The highest BCUT2D eigenvalue weighted by Crippen LogP contribution is 2.11. The first-order valence-electron chi connectivity index (χ1n) is 6.11. The molecule has 0 aliphatic heterocycles. The molecule has 0 amide bonds. The number of methoxy groups -OCH3 is 1. The number of alkyl halides is 1. The number of unbranched alkanes of at least 4 members (excludes halogenated alkanes) is 2. The summed E-state index contributed by atoms with van der Waals surface area (Å²) in [6, 6.07) is 7.96. The van der Waals surface area contributed by atoms with Crippen LogP contribution in [0.2, 0.25) is 0 Å². The summed E-state index contributed by atoms with van der Waals surface area (Å²) in [5, 5.41) is 0. The summed E-state index contributed by atoms with van der Waals surface area (Å²) in [6.07, 6.45) is 7.80. The second-order valence-electron chi connectivity index (χ2n) is 3.67. The molecular weight excluding hydrogens is 232 g/mol. The first-order valence-corrected chi connectivity index (χ1v) is 6.64. The molecule has 1 rings (SSSR count). The lowest BCUT2D eigenvalue weighted by molar-refractivity contribution is 0.415. The molecule has 0 N–H and O–H groups in total. The van der Waals surface area contributed by atoms with Gasteiger partial charge in [-0.05, 0) is 31.0 Å². The molecule has 0 aliphatic rings. The van der Waals surface area contributed by atoms with Crippen molar-refractivity contribution in [2.24, 2.45) is 0 Å². The first-order chi connectivity index (χ1) is 8.28. The second kappa shape index (κ2) is 11.5. The molecule has 0 aliphatic carbocycles. The largest absolute Gasteiger partial charge is 0.497 e. The van der Waals surface area contributed by atoms with Crippen molar-refractivity contribution in [3.63, 3.8) is 0 Å². The van der Waals surface area contributed by atoms with Crippen LogP contribution in [0.25, 0.3) is 6.08 Å². The third kappa shape index (κ3) is 8.82. The lowest BCUT2D eigenvalue weighted by atomic mass is 10.2. The molecule has 0 atom stereocenters. The number of hydrogen-bond donors (Lipinski definition) is 0. The van der Waals surface area contributed by atoms with Gasteiger partial charge in [-0.1, -0.05) is 44.1 Å². The molecule has 0 bridgehead atoms. The fourth-order valence-electron chi connectivity index (χ4n) is 1.25. The Labute approximate surface area is 110 Å². The van der Waals surface area contributed by atoms with Crippen LogP contribution in [-0.2, 0) is 0 Å². The molecule has 2 heteroatoms. The van der Waals surface area contributed by atoms with Gasteiger partial charge in [0.1, 0.15) is 5.75 Å². The first kappa shape index (κ1) is 16.1. The molecule has 0 spiro atoms. The molecule has 96 valence electrons. The minimum Gasteiger partial charge on any atom is -0.497 e. The van der Waals surface area contributed by atoms with E-state index in [4.69, 9.17) is 16.3 Å². The zero-order valence-electron chi connectivity index (χ0n) is 11.1. The number of rotatable bonds is 5. The van der Waals surface area contributed by atoms with Crippen LogP contribution in [-0.4, -0.2) is 13.0 Å². The number of halogens is 1. The Hall–Kier alpha value is -0.950. The predicted octanol–water partition coefficient (Wildman–Crippen LogP) is 5.14. The Morgan fingerprint density at radius 1 is 1.18 bits per heavy atom. The summed E-state index contributed by atoms with van der Waals surface area (Å²) in [5.41, 5.74) is 1.20. The monoisotopic (exact) mass is 254 g/mol. The van der Waals surface area contributed by atoms with Crippen molar-refractivity contribution in [1.82, 2.24) is 0 Å². The number of ether oxygens (including phenoxy) is 1. The number of allylic oxidation sites excluding steroid dienone is 1. The molecule has 1 aromatic carbocycles. The Balaban J connectivity index is 0.000000366. The van der Waals surface area contributed by atoms with Crippen LogP contribution >= 0.6 is 11.6 Å². The van der Waals surface area contributed by atoms with E-state index in [0.717, 1.165) is 11.6 Å². The van der Waals surface area contributed by atoms with Crippen molar-refractivity contribution in [3.05, 3.63) is 35.9 Å². The summed E-state index contributed by atoms with van der Waals surface area (Å²) in [6.45, 7) is 4.18. The van der Waals surface area contributed by atoms with Gasteiger partial charge >= 0.3 is 0 Å². The van der Waals surface area contributed by atoms with Crippen LogP contribution in [0.5, 0.6) is 5.75 Å². The quantitative estimate of drug-likeness (QED) is 0.522. The fraction of sp³-hybridized carbons (Fsp3) is 0.467. The van der Waals surface area contributed by atoms with Gasteiger partial charge in [0, 0.05) is 5.88 Å². The number of benzene rings is 1. The molecule has 0 radical (unpaired) electrons. The van der Waals surface area contributed by atoms with E-state index in [9.17, 15) is 0 Å². The summed E-state index contributed by atoms with van der Waals surface area (Å²) < 4.78 is 5.02. The van der Waals surface area contributed by atoms with Gasteiger partial charge < -0.3 is 4.74 Å². The molecule has 0 saturated carbocycles. The highest BCUT2D eigenvalue weighted by molar-refractivity contribution is 6.17. The van der Waals surface area contributed by atoms with Crippen LogP contribution in [0.1, 0.15) is 38.7 Å². The predicted molar refractivity (Wildman–Crippen MR) is 77.9 cm³/mol. The Bertz CT molecular complexity index is 286. The highest BCUT2D eigenvalue weighted by atomic mass is 35.5. The van der Waals surface area contributed by atoms with E-state index < -0.39 is 0 Å². The van der Waals surface area contributed by atoms with Crippen molar-refractivity contribution < 1.29 is 4.74 Å². The van der Waals surface area contributed by atoms with Gasteiger partial charge in [0.25, 0.3) is 0 Å². The molecule has 0 saturated heterocycles. The summed E-state index contributed by atoms with van der Waals surface area (Å²) in [7, 11) is 1.67. The molecule has 1 nitrogen and oxygen atoms in total. The van der Waals surface area contributed by atoms with Gasteiger partial charge in [-0.15, -0.1) is 11.6 Å². The van der Waals surface area contributed by atoms with Gasteiger partial charge in [-0.25, -0.2) is 0 Å². The highest BCUT2D eigenvalue weighted by Gasteiger charge is 1.87. The van der Waals surface area contributed by atoms with E-state index in [1.807, 2.05) is 37.3 Å². The lowest BCUT2D eigenvalue weighted by Gasteiger charge is -1.98. The van der Waals surface area contributed by atoms with E-state index in [1.165, 1.54) is 24.8 Å². The van der Waals surface area contributed by atoms with Crippen LogP contribution < -0.4 is 4.74 Å². The van der Waals surface area contributed by atoms with Crippen LogP contribution in [0.4, 0.5) is 0 Å². The normalized spacial score (nSPS) is 9.88. The molecular formula is C15H23ClO. The van der Waals surface area contributed by atoms with E-state index in [-0.39, 0.29) is 0 Å². The zero-order valence-corrected chi connectivity index (χ0v) is 11.8. The minimum atomic E-state index is 0.827. The van der Waals surface area contributed by atoms with Crippen LogP contribution in [0.3, 0.4) is 0 Å². The van der Waals surface area contributed by atoms with Gasteiger partial charge in [0.2, 0.25) is 0 Å². The van der Waals surface area contributed by atoms with Crippen molar-refractivity contribution >= 4 is 17.7 Å². The maximum atomic E-state index is 5.38. The molecule has 0 heterocycles. The van der Waals surface area contributed by atoms with Gasteiger partial charge in [-0.3, -0.25) is 0 Å². The second-order valence-corrected chi connectivity index (χ2v) is 4.05. The van der Waals surface area contributed by atoms with Crippen molar-refractivity contribution in [2.45, 2.75) is 33.1 Å². The van der Waals surface area contributed by atoms with Crippen molar-refractivity contribution in [1.29, 1.82) is 0 Å². The number of hydrogen-bond acceptors (Lipinski definition) is 1. The minimum absolute atomic E-state index is 0.827. The Kier molecular flexibility index (Phi) is 10.9. The zero-order chi connectivity index (χ0) is 12.9. The lowest BCUT2D eigenvalue weighted by Crippen LogP contribution is -1.80. The summed E-state index contributed by atoms with van der Waals surface area (Å²) >= 11 is 5.38. The average Bonchev–Trinajstić information content (AvgIpc) is 2.38. The molecule has 0 unspecified atom stereocenters. The molecule has 0 aromatic heterocycles. The van der Waals surface area contributed by atoms with E-state index in [0.29, 0.717) is 0 Å².